The number of primary amides is 1. The summed E-state index contributed by atoms with van der Waals surface area (Å²) in [6.45, 7) is 6.05. The van der Waals surface area contributed by atoms with Gasteiger partial charge in [0.2, 0.25) is 23.6 Å². The fourth-order valence-electron chi connectivity index (χ4n) is 2.51. The van der Waals surface area contributed by atoms with E-state index in [1.54, 1.807) is 13.8 Å². The molecule has 0 spiro atoms. The number of amides is 4. The molecule has 0 radical (unpaired) electrons. The maximum Gasteiger partial charge on any atom is 0.326 e. The Kier molecular flexibility index (Phi) is 11.7. The van der Waals surface area contributed by atoms with Gasteiger partial charge in [0.25, 0.3) is 0 Å². The molecule has 10 N–H and O–H groups in total. The normalized spacial score (nSPS) is 16.9. The summed E-state index contributed by atoms with van der Waals surface area (Å²) in [5.41, 5.74) is 10.5. The summed E-state index contributed by atoms with van der Waals surface area (Å²) < 4.78 is 0. The summed E-state index contributed by atoms with van der Waals surface area (Å²) in [6.07, 6.45) is -3.15. The Morgan fingerprint density at radius 3 is 1.71 bits per heavy atom. The molecule has 0 rings (SSSR count). The number of carbonyl (C=O) groups excluding carboxylic acids is 4. The van der Waals surface area contributed by atoms with Crippen LogP contribution in [0.1, 0.15) is 40.5 Å². The third-order valence-corrected chi connectivity index (χ3v) is 4.25. The zero-order valence-electron chi connectivity index (χ0n) is 18.0. The Morgan fingerprint density at radius 1 is 0.806 bits per heavy atom. The van der Waals surface area contributed by atoms with Gasteiger partial charge in [-0.1, -0.05) is 13.8 Å². The van der Waals surface area contributed by atoms with Crippen molar-refractivity contribution in [1.82, 2.24) is 16.0 Å². The first-order chi connectivity index (χ1) is 14.2. The molecule has 0 aromatic carbocycles. The van der Waals surface area contributed by atoms with E-state index in [1.807, 2.05) is 5.32 Å². The van der Waals surface area contributed by atoms with Crippen LogP contribution in [-0.2, 0) is 24.0 Å². The third-order valence-electron chi connectivity index (χ3n) is 4.25. The van der Waals surface area contributed by atoms with Crippen molar-refractivity contribution in [3.63, 3.8) is 0 Å². The van der Waals surface area contributed by atoms with Gasteiger partial charge in [0, 0.05) is 0 Å². The summed E-state index contributed by atoms with van der Waals surface area (Å²) in [5, 5.41) is 35.2. The molecular weight excluding hydrogens is 414 g/mol. The Hall–Kier alpha value is -2.77. The molecular formula is C18H33N5O8. The number of hydrogen-bond donors (Lipinski definition) is 8. The number of nitrogens with two attached hydrogens (primary N) is 2. The molecule has 0 aliphatic carbocycles. The highest BCUT2D eigenvalue weighted by Crippen LogP contribution is 2.07. The topological polar surface area (TPSA) is 234 Å². The van der Waals surface area contributed by atoms with Crippen LogP contribution in [-0.4, -0.2) is 81.3 Å². The van der Waals surface area contributed by atoms with Crippen molar-refractivity contribution in [2.75, 3.05) is 0 Å². The molecule has 0 heterocycles. The first-order valence-electron chi connectivity index (χ1n) is 9.71. The van der Waals surface area contributed by atoms with Crippen molar-refractivity contribution >= 4 is 29.6 Å². The van der Waals surface area contributed by atoms with Gasteiger partial charge in [-0.25, -0.2) is 4.79 Å². The molecule has 0 saturated carbocycles. The predicted molar refractivity (Wildman–Crippen MR) is 108 cm³/mol. The summed E-state index contributed by atoms with van der Waals surface area (Å²) in [5.74, 6) is -5.25. The summed E-state index contributed by atoms with van der Waals surface area (Å²) in [4.78, 5) is 59.5. The number of aliphatic carboxylic acids is 1. The maximum absolute atomic E-state index is 12.7. The van der Waals surface area contributed by atoms with Gasteiger partial charge in [-0.2, -0.15) is 0 Å². The standard InChI is InChI=1S/C18H33N5O8/c1-7(2)5-10(21-16(28)13(20)8(3)24)15(27)23-14(9(4)25)17(29)22-11(18(30)31)6-12(19)26/h7-11,13-14,24-25H,5-6,20H2,1-4H3,(H2,19,26)(H,21,28)(H,22,29)(H,23,27)(H,30,31). The van der Waals surface area contributed by atoms with Crippen LogP contribution in [0.5, 0.6) is 0 Å². The van der Waals surface area contributed by atoms with E-state index in [9.17, 15) is 34.2 Å². The van der Waals surface area contributed by atoms with Crippen molar-refractivity contribution in [3.05, 3.63) is 0 Å². The number of carboxylic acid groups (broad SMARTS) is 1. The Labute approximate surface area is 179 Å². The van der Waals surface area contributed by atoms with Crippen molar-refractivity contribution in [2.45, 2.75) is 76.9 Å². The van der Waals surface area contributed by atoms with E-state index < -0.39 is 72.4 Å². The summed E-state index contributed by atoms with van der Waals surface area (Å²) in [7, 11) is 0. The number of carboxylic acids is 1. The lowest BCUT2D eigenvalue weighted by Gasteiger charge is -2.27. The predicted octanol–water partition coefficient (Wildman–Crippen LogP) is -3.46. The number of aliphatic hydroxyl groups excluding tert-OH is 2. The molecule has 6 unspecified atom stereocenters. The van der Waals surface area contributed by atoms with Crippen molar-refractivity contribution in [1.29, 1.82) is 0 Å². The fraction of sp³-hybridized carbons (Fsp3) is 0.722. The van der Waals surface area contributed by atoms with Crippen LogP contribution in [0.4, 0.5) is 0 Å². The first-order valence-corrected chi connectivity index (χ1v) is 9.71. The van der Waals surface area contributed by atoms with Crippen LogP contribution >= 0.6 is 0 Å². The third kappa shape index (κ3) is 10.2. The van der Waals surface area contributed by atoms with E-state index in [4.69, 9.17) is 16.6 Å². The molecule has 0 fully saturated rings. The molecule has 0 aromatic heterocycles. The van der Waals surface area contributed by atoms with E-state index in [-0.39, 0.29) is 12.3 Å². The summed E-state index contributed by atoms with van der Waals surface area (Å²) in [6, 6.07) is -5.67. The van der Waals surface area contributed by atoms with Gasteiger partial charge in [0.05, 0.1) is 18.6 Å². The van der Waals surface area contributed by atoms with E-state index in [0.717, 1.165) is 0 Å². The fourth-order valence-corrected chi connectivity index (χ4v) is 2.51. The van der Waals surface area contributed by atoms with Gasteiger partial charge < -0.3 is 42.7 Å². The number of aliphatic hydroxyl groups is 2. The van der Waals surface area contributed by atoms with Crippen LogP contribution in [0.3, 0.4) is 0 Å². The molecule has 0 saturated heterocycles. The minimum absolute atomic E-state index is 0.0652. The maximum atomic E-state index is 12.7. The molecule has 0 aliphatic heterocycles. The SMILES string of the molecule is CC(C)CC(NC(=O)C(N)C(C)O)C(=O)NC(C(=O)NC(CC(N)=O)C(=O)O)C(C)O. The average molecular weight is 447 g/mol. The van der Waals surface area contributed by atoms with Crippen molar-refractivity contribution in [3.8, 4) is 0 Å². The van der Waals surface area contributed by atoms with E-state index in [1.165, 1.54) is 13.8 Å². The monoisotopic (exact) mass is 447 g/mol. The smallest absolute Gasteiger partial charge is 0.326 e. The van der Waals surface area contributed by atoms with Gasteiger partial charge in [-0.05, 0) is 26.2 Å². The van der Waals surface area contributed by atoms with Crippen molar-refractivity contribution in [2.24, 2.45) is 17.4 Å². The van der Waals surface area contributed by atoms with Crippen LogP contribution in [0.2, 0.25) is 0 Å². The zero-order valence-corrected chi connectivity index (χ0v) is 18.0. The molecule has 178 valence electrons. The second-order valence-electron chi connectivity index (χ2n) is 7.75. The number of hydrogen-bond acceptors (Lipinski definition) is 8. The average Bonchev–Trinajstić information content (AvgIpc) is 2.62. The van der Waals surface area contributed by atoms with E-state index >= 15 is 0 Å². The largest absolute Gasteiger partial charge is 0.480 e. The number of nitrogens with one attached hydrogen (secondary N) is 3. The highest BCUT2D eigenvalue weighted by Gasteiger charge is 2.33. The van der Waals surface area contributed by atoms with Crippen LogP contribution < -0.4 is 27.4 Å². The van der Waals surface area contributed by atoms with E-state index in [0.29, 0.717) is 0 Å². The molecule has 31 heavy (non-hydrogen) atoms. The minimum Gasteiger partial charge on any atom is -0.480 e. The highest BCUT2D eigenvalue weighted by molar-refractivity contribution is 5.95. The first kappa shape index (κ1) is 28.2. The molecule has 13 heteroatoms. The summed E-state index contributed by atoms with van der Waals surface area (Å²) >= 11 is 0. The lowest BCUT2D eigenvalue weighted by Crippen LogP contribution is -2.60. The van der Waals surface area contributed by atoms with Gasteiger partial charge in [0.1, 0.15) is 24.2 Å². The van der Waals surface area contributed by atoms with Crippen molar-refractivity contribution < 1.29 is 39.3 Å². The lowest BCUT2D eigenvalue weighted by atomic mass is 10.0. The van der Waals surface area contributed by atoms with Gasteiger partial charge in [0.15, 0.2) is 0 Å². The molecule has 6 atom stereocenters. The Balaban J connectivity index is 5.45. The molecule has 0 aliphatic rings. The Morgan fingerprint density at radius 2 is 1.32 bits per heavy atom. The lowest BCUT2D eigenvalue weighted by molar-refractivity contribution is -0.144. The van der Waals surface area contributed by atoms with Crippen LogP contribution in [0.15, 0.2) is 0 Å². The number of rotatable bonds is 13. The Bertz CT molecular complexity index is 667. The molecule has 13 nitrogen and oxygen atoms in total. The van der Waals surface area contributed by atoms with Gasteiger partial charge >= 0.3 is 5.97 Å². The van der Waals surface area contributed by atoms with Gasteiger partial charge in [-0.3, -0.25) is 19.2 Å². The second kappa shape index (κ2) is 12.8. The van der Waals surface area contributed by atoms with Gasteiger partial charge in [-0.15, -0.1) is 0 Å². The molecule has 4 amide bonds. The molecule has 0 aromatic rings. The van der Waals surface area contributed by atoms with E-state index in [2.05, 4.69) is 10.6 Å². The second-order valence-corrected chi connectivity index (χ2v) is 7.75. The van der Waals surface area contributed by atoms with Crippen LogP contribution in [0.25, 0.3) is 0 Å². The highest BCUT2D eigenvalue weighted by atomic mass is 16.4. The zero-order chi connectivity index (χ0) is 24.5. The van der Waals surface area contributed by atoms with Crippen LogP contribution in [0, 0.1) is 5.92 Å². The quantitative estimate of drug-likeness (QED) is 0.140. The number of carbonyl (C=O) groups is 5. The molecule has 0 bridgehead atoms. The minimum atomic E-state index is -1.65.